The van der Waals surface area contributed by atoms with E-state index in [9.17, 15) is 13.2 Å². The zero-order valence-electron chi connectivity index (χ0n) is 11.1. The van der Waals surface area contributed by atoms with Gasteiger partial charge in [0.15, 0.2) is 0 Å². The van der Waals surface area contributed by atoms with E-state index in [-0.39, 0.29) is 11.9 Å². The number of nitrogens with zero attached hydrogens (tertiary/aromatic N) is 5. The van der Waals surface area contributed by atoms with Crippen LogP contribution in [0.1, 0.15) is 29.8 Å². The standard InChI is InChI=1S/C12H12F3N5O/c1-7-18-19-10(21-7)8-3-5-20(6-8)11-16-4-2-9(17-11)12(13,14)15/h2,4,8H,3,5-6H2,1H3. The second kappa shape index (κ2) is 4.97. The minimum Gasteiger partial charge on any atom is -0.425 e. The Morgan fingerprint density at radius 3 is 2.81 bits per heavy atom. The van der Waals surface area contributed by atoms with Gasteiger partial charge in [-0.25, -0.2) is 9.97 Å². The van der Waals surface area contributed by atoms with E-state index >= 15 is 0 Å². The number of halogens is 3. The van der Waals surface area contributed by atoms with Crippen LogP contribution in [0.2, 0.25) is 0 Å². The molecular weight excluding hydrogens is 287 g/mol. The maximum absolute atomic E-state index is 12.7. The molecule has 0 aromatic carbocycles. The molecule has 0 radical (unpaired) electrons. The number of anilines is 1. The Labute approximate surface area is 118 Å². The third-order valence-corrected chi connectivity index (χ3v) is 3.30. The van der Waals surface area contributed by atoms with Crippen LogP contribution in [0, 0.1) is 6.92 Å². The molecule has 1 fully saturated rings. The molecule has 2 aromatic rings. The molecule has 0 N–H and O–H groups in total. The zero-order chi connectivity index (χ0) is 15.0. The van der Waals surface area contributed by atoms with Gasteiger partial charge in [0.1, 0.15) is 5.69 Å². The fourth-order valence-corrected chi connectivity index (χ4v) is 2.28. The lowest BCUT2D eigenvalue weighted by molar-refractivity contribution is -0.141. The van der Waals surface area contributed by atoms with Crippen LogP contribution in [0.5, 0.6) is 0 Å². The topological polar surface area (TPSA) is 67.9 Å². The van der Waals surface area contributed by atoms with Crippen molar-refractivity contribution in [2.75, 3.05) is 18.0 Å². The Morgan fingerprint density at radius 2 is 2.14 bits per heavy atom. The molecule has 6 nitrogen and oxygen atoms in total. The fraction of sp³-hybridized carbons (Fsp3) is 0.500. The summed E-state index contributed by atoms with van der Waals surface area (Å²) in [4.78, 5) is 9.19. The monoisotopic (exact) mass is 299 g/mol. The number of rotatable bonds is 2. The highest BCUT2D eigenvalue weighted by Crippen LogP contribution is 2.31. The van der Waals surface area contributed by atoms with Crippen molar-refractivity contribution in [2.24, 2.45) is 0 Å². The number of alkyl halides is 3. The quantitative estimate of drug-likeness (QED) is 0.846. The molecule has 1 saturated heterocycles. The number of aryl methyl sites for hydroxylation is 1. The highest BCUT2D eigenvalue weighted by atomic mass is 19.4. The van der Waals surface area contributed by atoms with Gasteiger partial charge in [0.2, 0.25) is 17.7 Å². The molecule has 2 aromatic heterocycles. The summed E-state index contributed by atoms with van der Waals surface area (Å²) >= 11 is 0. The first-order valence-corrected chi connectivity index (χ1v) is 6.38. The van der Waals surface area contributed by atoms with Crippen LogP contribution in [-0.4, -0.2) is 33.3 Å². The molecule has 9 heteroatoms. The Balaban J connectivity index is 1.77. The SMILES string of the molecule is Cc1nnc(C2CCN(c3nccc(C(F)(F)F)n3)C2)o1. The van der Waals surface area contributed by atoms with Crippen LogP contribution < -0.4 is 4.90 Å². The average molecular weight is 299 g/mol. The minimum atomic E-state index is -4.47. The van der Waals surface area contributed by atoms with E-state index in [4.69, 9.17) is 4.42 Å². The molecule has 112 valence electrons. The lowest BCUT2D eigenvalue weighted by atomic mass is 10.1. The Bertz CT molecular complexity index is 642. The molecule has 1 atom stereocenters. The van der Waals surface area contributed by atoms with Crippen LogP contribution >= 0.6 is 0 Å². The summed E-state index contributed by atoms with van der Waals surface area (Å²) in [6.45, 7) is 2.70. The van der Waals surface area contributed by atoms with Crippen molar-refractivity contribution in [3.63, 3.8) is 0 Å². The van der Waals surface area contributed by atoms with Crippen molar-refractivity contribution < 1.29 is 17.6 Å². The number of hydrogen-bond acceptors (Lipinski definition) is 6. The third kappa shape index (κ3) is 2.81. The van der Waals surface area contributed by atoms with Gasteiger partial charge in [-0.05, 0) is 12.5 Å². The largest absolute Gasteiger partial charge is 0.433 e. The maximum Gasteiger partial charge on any atom is 0.433 e. The second-order valence-electron chi connectivity index (χ2n) is 4.83. The molecule has 0 amide bonds. The predicted molar refractivity (Wildman–Crippen MR) is 65.6 cm³/mol. The summed E-state index contributed by atoms with van der Waals surface area (Å²) in [6, 6.07) is 0.860. The molecule has 0 spiro atoms. The first kappa shape index (κ1) is 13.8. The first-order chi connectivity index (χ1) is 9.93. The predicted octanol–water partition coefficient (Wildman–Crippen LogP) is 2.18. The van der Waals surface area contributed by atoms with Crippen molar-refractivity contribution in [3.05, 3.63) is 29.7 Å². The minimum absolute atomic E-state index is 0.00987. The summed E-state index contributed by atoms with van der Waals surface area (Å²) in [7, 11) is 0. The van der Waals surface area contributed by atoms with Crippen molar-refractivity contribution in [2.45, 2.75) is 25.4 Å². The fourth-order valence-electron chi connectivity index (χ4n) is 2.28. The molecule has 0 aliphatic carbocycles. The van der Waals surface area contributed by atoms with E-state index in [0.29, 0.717) is 31.3 Å². The maximum atomic E-state index is 12.7. The van der Waals surface area contributed by atoms with Gasteiger partial charge in [-0.2, -0.15) is 13.2 Å². The third-order valence-electron chi connectivity index (χ3n) is 3.30. The van der Waals surface area contributed by atoms with E-state index in [1.165, 1.54) is 0 Å². The van der Waals surface area contributed by atoms with Crippen molar-refractivity contribution in [3.8, 4) is 0 Å². The Morgan fingerprint density at radius 1 is 1.33 bits per heavy atom. The van der Waals surface area contributed by atoms with Crippen molar-refractivity contribution >= 4 is 5.95 Å². The lowest BCUT2D eigenvalue weighted by Crippen LogP contribution is -2.23. The molecule has 3 heterocycles. The van der Waals surface area contributed by atoms with E-state index in [2.05, 4.69) is 20.2 Å². The van der Waals surface area contributed by atoms with Crippen molar-refractivity contribution in [1.82, 2.24) is 20.2 Å². The van der Waals surface area contributed by atoms with Gasteiger partial charge in [-0.1, -0.05) is 0 Å². The molecule has 3 rings (SSSR count). The Kier molecular flexibility index (Phi) is 3.26. The Hall–Kier alpha value is -2.19. The van der Waals surface area contributed by atoms with Gasteiger partial charge < -0.3 is 9.32 Å². The summed E-state index contributed by atoms with van der Waals surface area (Å²) in [6.07, 6.45) is -2.64. The zero-order valence-corrected chi connectivity index (χ0v) is 11.1. The van der Waals surface area contributed by atoms with Gasteiger partial charge in [0, 0.05) is 26.2 Å². The van der Waals surface area contributed by atoms with Crippen LogP contribution in [0.3, 0.4) is 0 Å². The smallest absolute Gasteiger partial charge is 0.425 e. The van der Waals surface area contributed by atoms with E-state index in [1.807, 2.05) is 0 Å². The van der Waals surface area contributed by atoms with Crippen LogP contribution in [0.4, 0.5) is 19.1 Å². The molecule has 0 bridgehead atoms. The highest BCUT2D eigenvalue weighted by molar-refractivity contribution is 5.34. The lowest BCUT2D eigenvalue weighted by Gasteiger charge is -2.16. The molecule has 1 aliphatic heterocycles. The molecular formula is C12H12F3N5O. The normalized spacial score (nSPS) is 19.2. The first-order valence-electron chi connectivity index (χ1n) is 6.38. The van der Waals surface area contributed by atoms with Gasteiger partial charge in [-0.3, -0.25) is 0 Å². The van der Waals surface area contributed by atoms with Crippen LogP contribution in [-0.2, 0) is 6.18 Å². The number of hydrogen-bond donors (Lipinski definition) is 0. The van der Waals surface area contributed by atoms with Gasteiger partial charge >= 0.3 is 6.18 Å². The van der Waals surface area contributed by atoms with E-state index in [0.717, 1.165) is 12.3 Å². The van der Waals surface area contributed by atoms with Crippen LogP contribution in [0.15, 0.2) is 16.7 Å². The van der Waals surface area contributed by atoms with Gasteiger partial charge in [0.05, 0.1) is 5.92 Å². The molecule has 1 aliphatic rings. The molecule has 21 heavy (non-hydrogen) atoms. The summed E-state index contributed by atoms with van der Waals surface area (Å²) < 4.78 is 43.3. The van der Waals surface area contributed by atoms with E-state index in [1.54, 1.807) is 11.8 Å². The average Bonchev–Trinajstić information content (AvgIpc) is 3.06. The molecule has 1 unspecified atom stereocenters. The summed E-state index contributed by atoms with van der Waals surface area (Å²) in [5.74, 6) is 1.04. The summed E-state index contributed by atoms with van der Waals surface area (Å²) in [5.41, 5.74) is -0.940. The van der Waals surface area contributed by atoms with Crippen molar-refractivity contribution in [1.29, 1.82) is 0 Å². The highest BCUT2D eigenvalue weighted by Gasteiger charge is 2.34. The van der Waals surface area contributed by atoms with Gasteiger partial charge in [-0.15, -0.1) is 10.2 Å². The van der Waals surface area contributed by atoms with Crippen LogP contribution in [0.25, 0.3) is 0 Å². The van der Waals surface area contributed by atoms with E-state index < -0.39 is 11.9 Å². The van der Waals surface area contributed by atoms with Gasteiger partial charge in [0.25, 0.3) is 0 Å². The summed E-state index contributed by atoms with van der Waals surface area (Å²) in [5, 5.41) is 7.71. The molecule has 0 saturated carbocycles. The second-order valence-corrected chi connectivity index (χ2v) is 4.83. The number of aromatic nitrogens is 4.